The van der Waals surface area contributed by atoms with Crippen molar-refractivity contribution < 1.29 is 23.8 Å². The fourth-order valence-electron chi connectivity index (χ4n) is 1.92. The summed E-state index contributed by atoms with van der Waals surface area (Å²) in [5, 5.41) is 9.10. The molecular weight excluding hydrogens is 365 g/mol. The molecule has 2 rings (SSSR count). The average Bonchev–Trinajstić information content (AvgIpc) is 2.46. The first-order valence-corrected chi connectivity index (χ1v) is 8.11. The topological polar surface area (TPSA) is 66.8 Å². The summed E-state index contributed by atoms with van der Waals surface area (Å²) >= 11 is 4.61. The van der Waals surface area contributed by atoms with Crippen LogP contribution in [-0.4, -0.2) is 52.6 Å². The number of carbonyl (C=O) groups is 2. The lowest BCUT2D eigenvalue weighted by molar-refractivity contribution is -0.150. The van der Waals surface area contributed by atoms with Gasteiger partial charge >= 0.3 is 5.97 Å². The van der Waals surface area contributed by atoms with Crippen LogP contribution in [0.5, 0.6) is 5.75 Å². The molecule has 8 heteroatoms. The van der Waals surface area contributed by atoms with E-state index in [-0.39, 0.29) is 12.4 Å². The summed E-state index contributed by atoms with van der Waals surface area (Å²) in [6, 6.07) is 3.39. The normalized spacial score (nSPS) is 18.4. The summed E-state index contributed by atoms with van der Waals surface area (Å²) < 4.78 is 19.3. The fourth-order valence-corrected chi connectivity index (χ4v) is 3.29. The highest BCUT2D eigenvalue weighted by atomic mass is 79.9. The first-order chi connectivity index (χ1) is 9.99. The number of carboxylic acid groups (broad SMARTS) is 1. The van der Waals surface area contributed by atoms with E-state index in [1.54, 1.807) is 6.07 Å². The fraction of sp³-hybridized carbons (Fsp3) is 0.385. The van der Waals surface area contributed by atoms with Gasteiger partial charge in [0.2, 0.25) is 0 Å². The average molecular weight is 378 g/mol. The van der Waals surface area contributed by atoms with Gasteiger partial charge in [0.1, 0.15) is 6.04 Å². The molecule has 1 amide bonds. The van der Waals surface area contributed by atoms with Crippen LogP contribution in [0.3, 0.4) is 0 Å². The summed E-state index contributed by atoms with van der Waals surface area (Å²) in [6.45, 7) is -0.0281. The monoisotopic (exact) mass is 377 g/mol. The molecule has 1 unspecified atom stereocenters. The zero-order valence-corrected chi connectivity index (χ0v) is 13.3. The molecule has 1 fully saturated rings. The van der Waals surface area contributed by atoms with Gasteiger partial charge in [0.15, 0.2) is 18.2 Å². The van der Waals surface area contributed by atoms with Crippen molar-refractivity contribution in [2.24, 2.45) is 0 Å². The van der Waals surface area contributed by atoms with Crippen molar-refractivity contribution >= 4 is 39.6 Å². The second kappa shape index (κ2) is 7.13. The molecule has 0 spiro atoms. The molecule has 1 aromatic rings. The van der Waals surface area contributed by atoms with Gasteiger partial charge in [0.25, 0.3) is 5.91 Å². The Kier molecular flexibility index (Phi) is 5.46. The second-order valence-electron chi connectivity index (χ2n) is 4.38. The van der Waals surface area contributed by atoms with Gasteiger partial charge in [0, 0.05) is 22.5 Å². The van der Waals surface area contributed by atoms with Crippen LogP contribution >= 0.6 is 27.7 Å². The van der Waals surface area contributed by atoms with Gasteiger partial charge in [-0.25, -0.2) is 9.18 Å². The van der Waals surface area contributed by atoms with E-state index in [1.807, 2.05) is 0 Å². The van der Waals surface area contributed by atoms with Gasteiger partial charge in [-0.2, -0.15) is 11.8 Å². The highest BCUT2D eigenvalue weighted by Crippen LogP contribution is 2.22. The number of nitrogens with zero attached hydrogens (tertiary/aromatic N) is 1. The van der Waals surface area contributed by atoms with Gasteiger partial charge in [0.05, 0.1) is 0 Å². The smallest absolute Gasteiger partial charge is 0.327 e. The van der Waals surface area contributed by atoms with Crippen molar-refractivity contribution in [1.29, 1.82) is 0 Å². The van der Waals surface area contributed by atoms with Crippen molar-refractivity contribution in [3.63, 3.8) is 0 Å². The predicted molar refractivity (Wildman–Crippen MR) is 80.1 cm³/mol. The summed E-state index contributed by atoms with van der Waals surface area (Å²) in [6.07, 6.45) is 0. The lowest BCUT2D eigenvalue weighted by Crippen LogP contribution is -2.51. The third kappa shape index (κ3) is 4.10. The van der Waals surface area contributed by atoms with E-state index < -0.39 is 23.7 Å². The molecule has 5 nitrogen and oxygen atoms in total. The maximum Gasteiger partial charge on any atom is 0.327 e. The Morgan fingerprint density at radius 1 is 1.52 bits per heavy atom. The van der Waals surface area contributed by atoms with Crippen molar-refractivity contribution in [2.75, 3.05) is 24.7 Å². The molecule has 1 saturated heterocycles. The molecule has 0 radical (unpaired) electrons. The van der Waals surface area contributed by atoms with Crippen molar-refractivity contribution in [3.8, 4) is 5.75 Å². The second-order valence-corrected chi connectivity index (χ2v) is 6.45. The minimum absolute atomic E-state index is 0.0372. The van der Waals surface area contributed by atoms with Gasteiger partial charge in [-0.15, -0.1) is 0 Å². The molecule has 1 atom stereocenters. The van der Waals surface area contributed by atoms with E-state index >= 15 is 0 Å². The Hall–Kier alpha value is -1.28. The van der Waals surface area contributed by atoms with E-state index in [0.717, 1.165) is 0 Å². The lowest BCUT2D eigenvalue weighted by Gasteiger charge is -2.32. The minimum Gasteiger partial charge on any atom is -0.481 e. The Morgan fingerprint density at radius 2 is 2.29 bits per heavy atom. The zero-order valence-electron chi connectivity index (χ0n) is 10.9. The number of hydrogen-bond donors (Lipinski definition) is 1. The number of ether oxygens (including phenoxy) is 1. The largest absolute Gasteiger partial charge is 0.481 e. The number of amides is 1. The van der Waals surface area contributed by atoms with Crippen molar-refractivity contribution in [2.45, 2.75) is 6.04 Å². The molecule has 0 saturated carbocycles. The molecule has 0 aliphatic carbocycles. The number of benzene rings is 1. The van der Waals surface area contributed by atoms with Crippen LogP contribution in [0.2, 0.25) is 0 Å². The van der Waals surface area contributed by atoms with Gasteiger partial charge in [-0.05, 0) is 18.2 Å². The van der Waals surface area contributed by atoms with E-state index in [2.05, 4.69) is 15.9 Å². The molecule has 1 aromatic carbocycles. The molecule has 1 N–H and O–H groups in total. The number of carboxylic acids is 1. The Balaban J connectivity index is 1.98. The van der Waals surface area contributed by atoms with Gasteiger partial charge in [-0.3, -0.25) is 4.79 Å². The number of aliphatic carboxylic acids is 1. The highest BCUT2D eigenvalue weighted by Gasteiger charge is 2.32. The van der Waals surface area contributed by atoms with Crippen LogP contribution < -0.4 is 4.74 Å². The van der Waals surface area contributed by atoms with E-state index in [0.29, 0.717) is 22.5 Å². The van der Waals surface area contributed by atoms with Crippen molar-refractivity contribution in [1.82, 2.24) is 4.90 Å². The standard InChI is InChI=1S/C13H13BrFNO4S/c14-8-1-2-11(9(15)5-8)20-6-12(17)16-3-4-21-7-10(16)13(18)19/h1-2,5,10H,3-4,6-7H2,(H,18,19). The quantitative estimate of drug-likeness (QED) is 0.868. The predicted octanol–water partition coefficient (Wildman–Crippen LogP) is 2.00. The van der Waals surface area contributed by atoms with E-state index in [1.165, 1.54) is 28.8 Å². The molecular formula is C13H13BrFNO4S. The first kappa shape index (κ1) is 16.1. The van der Waals surface area contributed by atoms with E-state index in [4.69, 9.17) is 9.84 Å². The summed E-state index contributed by atoms with van der Waals surface area (Å²) in [5.74, 6) is -1.07. The van der Waals surface area contributed by atoms with Gasteiger partial charge in [-0.1, -0.05) is 15.9 Å². The molecule has 1 aliphatic rings. The summed E-state index contributed by atoms with van der Waals surface area (Å²) in [7, 11) is 0. The third-order valence-electron chi connectivity index (χ3n) is 2.98. The molecule has 0 bridgehead atoms. The zero-order chi connectivity index (χ0) is 15.4. The van der Waals surface area contributed by atoms with Crippen LogP contribution in [0.1, 0.15) is 0 Å². The number of hydrogen-bond acceptors (Lipinski definition) is 4. The Bertz CT molecular complexity index is 557. The number of thioether (sulfide) groups is 1. The summed E-state index contributed by atoms with van der Waals surface area (Å²) in [4.78, 5) is 24.5. The van der Waals surface area contributed by atoms with Crippen LogP contribution in [-0.2, 0) is 9.59 Å². The molecule has 21 heavy (non-hydrogen) atoms. The van der Waals surface area contributed by atoms with Crippen LogP contribution in [0.25, 0.3) is 0 Å². The third-order valence-corrected chi connectivity index (χ3v) is 4.49. The SMILES string of the molecule is O=C(O)C1CSCCN1C(=O)COc1ccc(Br)cc1F. The van der Waals surface area contributed by atoms with Crippen LogP contribution in [0, 0.1) is 5.82 Å². The van der Waals surface area contributed by atoms with Gasteiger partial charge < -0.3 is 14.7 Å². The highest BCUT2D eigenvalue weighted by molar-refractivity contribution is 9.10. The molecule has 114 valence electrons. The lowest BCUT2D eigenvalue weighted by atomic mass is 10.2. The van der Waals surface area contributed by atoms with Crippen molar-refractivity contribution in [3.05, 3.63) is 28.5 Å². The Labute approximate surface area is 133 Å². The maximum atomic E-state index is 13.6. The van der Waals surface area contributed by atoms with Crippen LogP contribution in [0.15, 0.2) is 22.7 Å². The molecule has 0 aromatic heterocycles. The first-order valence-electron chi connectivity index (χ1n) is 6.17. The van der Waals surface area contributed by atoms with E-state index in [9.17, 15) is 14.0 Å². The number of rotatable bonds is 4. The molecule has 1 heterocycles. The van der Waals surface area contributed by atoms with Crippen LogP contribution in [0.4, 0.5) is 4.39 Å². The maximum absolute atomic E-state index is 13.6. The minimum atomic E-state index is -1.04. The molecule has 1 aliphatic heterocycles. The Morgan fingerprint density at radius 3 is 2.95 bits per heavy atom. The number of halogens is 2. The summed E-state index contributed by atoms with van der Waals surface area (Å²) in [5.41, 5.74) is 0. The number of carbonyl (C=O) groups excluding carboxylic acids is 1.